The number of carboxylic acid groups (broad SMARTS) is 1. The summed E-state index contributed by atoms with van der Waals surface area (Å²) in [5.41, 5.74) is 0. The van der Waals surface area contributed by atoms with Crippen LogP contribution in [0.15, 0.2) is 24.3 Å². The molecule has 4 heteroatoms. The second kappa shape index (κ2) is 7.69. The first kappa shape index (κ1) is 14.5. The summed E-state index contributed by atoms with van der Waals surface area (Å²) in [6.45, 7) is 1.87. The van der Waals surface area contributed by atoms with Gasteiger partial charge in [0.15, 0.2) is 0 Å². The topological polar surface area (TPSA) is 66.4 Å². The molecule has 0 heterocycles. The van der Waals surface area contributed by atoms with Gasteiger partial charge in [0.25, 0.3) is 0 Å². The largest absolute Gasteiger partial charge is 0.481 e. The highest BCUT2D eigenvalue weighted by Gasteiger charge is 2.29. The fraction of sp³-hybridized carbons (Fsp3) is 0.571. The van der Waals surface area contributed by atoms with Crippen LogP contribution in [0.25, 0.3) is 0 Å². The van der Waals surface area contributed by atoms with Crippen LogP contribution in [0.2, 0.25) is 0 Å². The third-order valence-corrected chi connectivity index (χ3v) is 3.21. The van der Waals surface area contributed by atoms with E-state index >= 15 is 0 Å². The van der Waals surface area contributed by atoms with Crippen LogP contribution in [0.1, 0.15) is 39.0 Å². The maximum atomic E-state index is 11.6. The molecule has 0 aromatic carbocycles. The van der Waals surface area contributed by atoms with E-state index in [2.05, 4.69) is 5.32 Å². The van der Waals surface area contributed by atoms with Crippen LogP contribution in [0, 0.1) is 5.92 Å². The molecule has 1 amide bonds. The van der Waals surface area contributed by atoms with Gasteiger partial charge in [-0.15, -0.1) is 0 Å². The molecule has 1 fully saturated rings. The van der Waals surface area contributed by atoms with Crippen molar-refractivity contribution in [2.24, 2.45) is 5.92 Å². The second-order valence-corrected chi connectivity index (χ2v) is 4.58. The molecule has 18 heavy (non-hydrogen) atoms. The van der Waals surface area contributed by atoms with Gasteiger partial charge in [0, 0.05) is 12.1 Å². The standard InChI is InChI=1S/C14H21NO3/c1-2-3-5-10-13(16)15-12-9-7-4-6-8-11(12)14(17)18/h2-3,5,10-12H,4,6-9H2,1H3,(H,15,16)(H,17,18)/b3-2+,10-5-/t11-,12+/m0/s1. The maximum absolute atomic E-state index is 11.6. The third kappa shape index (κ3) is 4.73. The predicted octanol–water partition coefficient (Wildman–Crippen LogP) is 2.27. The van der Waals surface area contributed by atoms with Crippen LogP contribution in [0.4, 0.5) is 0 Å². The van der Waals surface area contributed by atoms with E-state index in [0.717, 1.165) is 25.7 Å². The molecule has 0 aromatic rings. The SMILES string of the molecule is C/C=C/C=C\C(=O)N[C@@H]1CCCCC[C@@H]1C(=O)O. The summed E-state index contributed by atoms with van der Waals surface area (Å²) < 4.78 is 0. The van der Waals surface area contributed by atoms with Gasteiger partial charge in [0.1, 0.15) is 0 Å². The summed E-state index contributed by atoms with van der Waals surface area (Å²) in [5, 5.41) is 12.0. The Morgan fingerprint density at radius 3 is 2.56 bits per heavy atom. The number of carbonyl (C=O) groups is 2. The van der Waals surface area contributed by atoms with Crippen molar-refractivity contribution >= 4 is 11.9 Å². The molecule has 0 saturated heterocycles. The Morgan fingerprint density at radius 1 is 1.17 bits per heavy atom. The monoisotopic (exact) mass is 251 g/mol. The Balaban J connectivity index is 2.60. The van der Waals surface area contributed by atoms with Crippen molar-refractivity contribution in [1.29, 1.82) is 0 Å². The third-order valence-electron chi connectivity index (χ3n) is 3.21. The summed E-state index contributed by atoms with van der Waals surface area (Å²) in [6.07, 6.45) is 11.0. The van der Waals surface area contributed by atoms with Gasteiger partial charge < -0.3 is 10.4 Å². The minimum absolute atomic E-state index is 0.216. The van der Waals surface area contributed by atoms with E-state index in [1.165, 1.54) is 6.08 Å². The van der Waals surface area contributed by atoms with E-state index in [9.17, 15) is 14.7 Å². The highest BCUT2D eigenvalue weighted by atomic mass is 16.4. The average molecular weight is 251 g/mol. The minimum Gasteiger partial charge on any atom is -0.481 e. The molecule has 100 valence electrons. The number of nitrogens with one attached hydrogen (secondary N) is 1. The quantitative estimate of drug-likeness (QED) is 0.457. The van der Waals surface area contributed by atoms with Gasteiger partial charge in [-0.25, -0.2) is 0 Å². The highest BCUT2D eigenvalue weighted by Crippen LogP contribution is 2.23. The van der Waals surface area contributed by atoms with Gasteiger partial charge in [0.2, 0.25) is 5.91 Å². The lowest BCUT2D eigenvalue weighted by Gasteiger charge is -2.22. The molecule has 1 aliphatic carbocycles. The number of aliphatic carboxylic acids is 1. The first-order valence-electron chi connectivity index (χ1n) is 6.48. The first-order chi connectivity index (χ1) is 8.65. The van der Waals surface area contributed by atoms with Gasteiger partial charge in [0.05, 0.1) is 5.92 Å². The van der Waals surface area contributed by atoms with Crippen LogP contribution >= 0.6 is 0 Å². The Labute approximate surface area is 108 Å². The number of rotatable bonds is 4. The molecule has 0 aliphatic heterocycles. The van der Waals surface area contributed by atoms with Crippen LogP contribution in [0.5, 0.6) is 0 Å². The van der Waals surface area contributed by atoms with E-state index in [1.807, 2.05) is 13.0 Å². The van der Waals surface area contributed by atoms with Gasteiger partial charge in [-0.1, -0.05) is 37.5 Å². The zero-order valence-corrected chi connectivity index (χ0v) is 10.8. The van der Waals surface area contributed by atoms with Crippen molar-refractivity contribution in [2.45, 2.75) is 45.1 Å². The van der Waals surface area contributed by atoms with E-state index < -0.39 is 11.9 Å². The lowest BCUT2D eigenvalue weighted by molar-refractivity contribution is -0.143. The van der Waals surface area contributed by atoms with Gasteiger partial charge in [-0.2, -0.15) is 0 Å². The van der Waals surface area contributed by atoms with E-state index in [4.69, 9.17) is 0 Å². The summed E-state index contributed by atoms with van der Waals surface area (Å²) in [6, 6.07) is -0.243. The molecule has 2 N–H and O–H groups in total. The molecule has 4 nitrogen and oxygen atoms in total. The lowest BCUT2D eigenvalue weighted by Crippen LogP contribution is -2.42. The molecule has 0 bridgehead atoms. The molecular formula is C14H21NO3. The minimum atomic E-state index is -0.806. The van der Waals surface area contributed by atoms with Crippen molar-refractivity contribution in [2.75, 3.05) is 0 Å². The summed E-state index contributed by atoms with van der Waals surface area (Å²) >= 11 is 0. The van der Waals surface area contributed by atoms with Crippen molar-refractivity contribution < 1.29 is 14.7 Å². The molecular weight excluding hydrogens is 230 g/mol. The van der Waals surface area contributed by atoms with Crippen LogP contribution in [-0.2, 0) is 9.59 Å². The summed E-state index contributed by atoms with van der Waals surface area (Å²) in [5.74, 6) is -1.47. The fourth-order valence-electron chi connectivity index (χ4n) is 2.26. The Morgan fingerprint density at radius 2 is 1.89 bits per heavy atom. The highest BCUT2D eigenvalue weighted by molar-refractivity contribution is 5.88. The van der Waals surface area contributed by atoms with E-state index in [-0.39, 0.29) is 11.9 Å². The Bertz CT molecular complexity index is 347. The van der Waals surface area contributed by atoms with Crippen molar-refractivity contribution in [3.05, 3.63) is 24.3 Å². The average Bonchev–Trinajstić information content (AvgIpc) is 2.55. The molecule has 1 saturated carbocycles. The molecule has 0 unspecified atom stereocenters. The fourth-order valence-corrected chi connectivity index (χ4v) is 2.26. The first-order valence-corrected chi connectivity index (χ1v) is 6.48. The maximum Gasteiger partial charge on any atom is 0.308 e. The number of carbonyl (C=O) groups excluding carboxylic acids is 1. The summed E-state index contributed by atoms with van der Waals surface area (Å²) in [7, 11) is 0. The van der Waals surface area contributed by atoms with Crippen LogP contribution in [-0.4, -0.2) is 23.0 Å². The molecule has 1 aliphatic rings. The lowest BCUT2D eigenvalue weighted by atomic mass is 9.95. The normalized spacial score (nSPS) is 25.2. The Hall–Kier alpha value is -1.58. The molecule has 0 spiro atoms. The zero-order valence-electron chi connectivity index (χ0n) is 10.8. The van der Waals surface area contributed by atoms with Gasteiger partial charge in [-0.05, 0) is 19.8 Å². The summed E-state index contributed by atoms with van der Waals surface area (Å²) in [4.78, 5) is 22.8. The van der Waals surface area contributed by atoms with E-state index in [0.29, 0.717) is 6.42 Å². The second-order valence-electron chi connectivity index (χ2n) is 4.58. The molecule has 0 radical (unpaired) electrons. The van der Waals surface area contributed by atoms with Crippen LogP contribution in [0.3, 0.4) is 0 Å². The number of hydrogen-bond donors (Lipinski definition) is 2. The number of hydrogen-bond acceptors (Lipinski definition) is 2. The number of carboxylic acids is 1. The number of allylic oxidation sites excluding steroid dienone is 3. The van der Waals surface area contributed by atoms with Crippen molar-refractivity contribution in [3.8, 4) is 0 Å². The van der Waals surface area contributed by atoms with Crippen molar-refractivity contribution in [1.82, 2.24) is 5.32 Å². The predicted molar refractivity (Wildman–Crippen MR) is 70.1 cm³/mol. The van der Waals surface area contributed by atoms with Crippen LogP contribution < -0.4 is 5.32 Å². The Kier molecular flexibility index (Phi) is 6.19. The van der Waals surface area contributed by atoms with Gasteiger partial charge in [-0.3, -0.25) is 9.59 Å². The molecule has 1 rings (SSSR count). The smallest absolute Gasteiger partial charge is 0.308 e. The van der Waals surface area contributed by atoms with Crippen molar-refractivity contribution in [3.63, 3.8) is 0 Å². The van der Waals surface area contributed by atoms with E-state index in [1.54, 1.807) is 12.2 Å². The molecule has 2 atom stereocenters. The number of amides is 1. The van der Waals surface area contributed by atoms with Gasteiger partial charge >= 0.3 is 5.97 Å². The zero-order chi connectivity index (χ0) is 13.4. The molecule has 0 aromatic heterocycles.